The van der Waals surface area contributed by atoms with Crippen molar-refractivity contribution in [1.29, 1.82) is 0 Å². The molecule has 7 heteroatoms. The molecule has 0 radical (unpaired) electrons. The number of non-ortho nitro benzene ring substituents is 1. The Morgan fingerprint density at radius 3 is 2.72 bits per heavy atom. The summed E-state index contributed by atoms with van der Waals surface area (Å²) in [5, 5.41) is 17.8. The molecule has 0 spiro atoms. The first-order chi connectivity index (χ1) is 8.70. The molecule has 0 saturated heterocycles. The van der Waals surface area contributed by atoms with Gasteiger partial charge >= 0.3 is 0 Å². The largest absolute Gasteiger partial charge is 0.318 e. The van der Waals surface area contributed by atoms with E-state index in [1.807, 2.05) is 7.05 Å². The van der Waals surface area contributed by atoms with Crippen LogP contribution in [-0.4, -0.2) is 33.3 Å². The van der Waals surface area contributed by atoms with E-state index in [4.69, 9.17) is 0 Å². The summed E-state index contributed by atoms with van der Waals surface area (Å²) in [5.74, 6) is 0.570. The fraction of sp³-hybridized carbons (Fsp3) is 0.273. The summed E-state index contributed by atoms with van der Waals surface area (Å²) in [6.45, 7) is 1.54. The summed E-state index contributed by atoms with van der Waals surface area (Å²) in [6, 6.07) is 6.19. The van der Waals surface area contributed by atoms with E-state index in [2.05, 4.69) is 15.4 Å². The number of likely N-dealkylation sites (N-methyl/N-ethyl adjacent to an activating group) is 1. The zero-order valence-electron chi connectivity index (χ0n) is 9.91. The lowest BCUT2D eigenvalue weighted by atomic mass is 10.2. The number of aromatic nitrogens is 3. The highest BCUT2D eigenvalue weighted by molar-refractivity contribution is 5.56. The number of nitro groups is 1. The van der Waals surface area contributed by atoms with Gasteiger partial charge in [-0.3, -0.25) is 14.8 Å². The van der Waals surface area contributed by atoms with Gasteiger partial charge in [0.05, 0.1) is 11.5 Å². The molecule has 0 bridgehead atoms. The van der Waals surface area contributed by atoms with Gasteiger partial charge in [-0.15, -0.1) is 0 Å². The van der Waals surface area contributed by atoms with Crippen LogP contribution >= 0.6 is 0 Å². The van der Waals surface area contributed by atoms with Crippen molar-refractivity contribution in [2.45, 2.75) is 6.54 Å². The summed E-state index contributed by atoms with van der Waals surface area (Å²) < 4.78 is 1.73. The number of nitrogens with one attached hydrogen (secondary N) is 1. The Labute approximate surface area is 104 Å². The molecule has 0 unspecified atom stereocenters. The molecular formula is C11H13N5O2. The Morgan fingerprint density at radius 1 is 1.39 bits per heavy atom. The van der Waals surface area contributed by atoms with Crippen molar-refractivity contribution in [3.05, 3.63) is 40.7 Å². The quantitative estimate of drug-likeness (QED) is 0.631. The van der Waals surface area contributed by atoms with Crippen LogP contribution < -0.4 is 5.32 Å². The van der Waals surface area contributed by atoms with E-state index in [1.54, 1.807) is 23.1 Å². The molecule has 1 heterocycles. The third-order valence-corrected chi connectivity index (χ3v) is 2.46. The average molecular weight is 247 g/mol. The van der Waals surface area contributed by atoms with Crippen LogP contribution in [0, 0.1) is 10.1 Å². The Balaban J connectivity index is 2.15. The van der Waals surface area contributed by atoms with Gasteiger partial charge in [-0.25, -0.2) is 4.98 Å². The van der Waals surface area contributed by atoms with Gasteiger partial charge in [0.1, 0.15) is 6.33 Å². The van der Waals surface area contributed by atoms with Crippen LogP contribution in [0.3, 0.4) is 0 Å². The summed E-state index contributed by atoms with van der Waals surface area (Å²) in [5.41, 5.74) is 0.831. The molecule has 2 rings (SSSR count). The molecular weight excluding hydrogens is 234 g/mol. The third-order valence-electron chi connectivity index (χ3n) is 2.46. The van der Waals surface area contributed by atoms with E-state index in [0.717, 1.165) is 18.7 Å². The first kappa shape index (κ1) is 12.2. The molecule has 7 nitrogen and oxygen atoms in total. The molecule has 0 atom stereocenters. The minimum absolute atomic E-state index is 0.0633. The second kappa shape index (κ2) is 5.37. The molecule has 1 aromatic heterocycles. The summed E-state index contributed by atoms with van der Waals surface area (Å²) >= 11 is 0. The maximum Gasteiger partial charge on any atom is 0.269 e. The van der Waals surface area contributed by atoms with Crippen molar-refractivity contribution in [3.63, 3.8) is 0 Å². The van der Waals surface area contributed by atoms with Gasteiger partial charge < -0.3 is 5.32 Å². The molecule has 0 aliphatic rings. The van der Waals surface area contributed by atoms with Crippen LogP contribution in [0.25, 0.3) is 11.4 Å². The first-order valence-electron chi connectivity index (χ1n) is 5.49. The van der Waals surface area contributed by atoms with Gasteiger partial charge in [-0.05, 0) is 19.2 Å². The number of hydrogen-bond donors (Lipinski definition) is 1. The maximum atomic E-state index is 10.5. The van der Waals surface area contributed by atoms with E-state index in [1.165, 1.54) is 12.1 Å². The minimum atomic E-state index is -0.428. The van der Waals surface area contributed by atoms with Crippen molar-refractivity contribution in [2.75, 3.05) is 13.6 Å². The van der Waals surface area contributed by atoms with Crippen LogP contribution in [0.15, 0.2) is 30.6 Å². The fourth-order valence-electron chi connectivity index (χ4n) is 1.49. The molecule has 0 saturated carbocycles. The monoisotopic (exact) mass is 247 g/mol. The second-order valence-corrected chi connectivity index (χ2v) is 3.74. The predicted molar refractivity (Wildman–Crippen MR) is 66.0 cm³/mol. The Kier molecular flexibility index (Phi) is 3.63. The zero-order valence-corrected chi connectivity index (χ0v) is 9.91. The van der Waals surface area contributed by atoms with E-state index < -0.39 is 4.92 Å². The Hall–Kier alpha value is -2.28. The summed E-state index contributed by atoms with van der Waals surface area (Å²) in [6.07, 6.45) is 1.65. The van der Waals surface area contributed by atoms with Crippen LogP contribution in [0.5, 0.6) is 0 Å². The van der Waals surface area contributed by atoms with Gasteiger partial charge in [0.2, 0.25) is 0 Å². The molecule has 1 aromatic carbocycles. The molecule has 2 aromatic rings. The fourth-order valence-corrected chi connectivity index (χ4v) is 1.49. The molecule has 1 N–H and O–H groups in total. The number of rotatable bonds is 5. The van der Waals surface area contributed by atoms with Crippen molar-refractivity contribution < 1.29 is 4.92 Å². The van der Waals surface area contributed by atoms with Crippen LogP contribution in [-0.2, 0) is 6.54 Å². The second-order valence-electron chi connectivity index (χ2n) is 3.74. The molecule has 18 heavy (non-hydrogen) atoms. The smallest absolute Gasteiger partial charge is 0.269 e. The van der Waals surface area contributed by atoms with E-state index in [9.17, 15) is 10.1 Å². The van der Waals surface area contributed by atoms with Crippen molar-refractivity contribution >= 4 is 5.69 Å². The third kappa shape index (κ3) is 2.69. The highest BCUT2D eigenvalue weighted by Crippen LogP contribution is 2.18. The van der Waals surface area contributed by atoms with E-state index in [-0.39, 0.29) is 5.69 Å². The first-order valence-corrected chi connectivity index (χ1v) is 5.49. The number of benzene rings is 1. The van der Waals surface area contributed by atoms with E-state index >= 15 is 0 Å². The molecule has 0 fully saturated rings. The van der Waals surface area contributed by atoms with Gasteiger partial charge in [0.25, 0.3) is 5.69 Å². The lowest BCUT2D eigenvalue weighted by Crippen LogP contribution is -2.15. The normalized spacial score (nSPS) is 10.5. The highest BCUT2D eigenvalue weighted by atomic mass is 16.6. The minimum Gasteiger partial charge on any atom is -0.318 e. The van der Waals surface area contributed by atoms with Crippen molar-refractivity contribution in [1.82, 2.24) is 20.1 Å². The highest BCUT2D eigenvalue weighted by Gasteiger charge is 2.08. The standard InChI is InChI=1S/C11H13N5O2/c1-12-6-7-15-8-13-11(14-15)9-2-4-10(5-3-9)16(17)18/h2-5,8,12H,6-7H2,1H3. The number of nitro benzene ring substituents is 1. The van der Waals surface area contributed by atoms with Gasteiger partial charge in [-0.1, -0.05) is 0 Å². The number of nitrogens with zero attached hydrogens (tertiary/aromatic N) is 4. The summed E-state index contributed by atoms with van der Waals surface area (Å²) in [4.78, 5) is 14.3. The molecule has 94 valence electrons. The van der Waals surface area contributed by atoms with Crippen molar-refractivity contribution in [3.8, 4) is 11.4 Å². The van der Waals surface area contributed by atoms with Gasteiger partial charge in [0.15, 0.2) is 5.82 Å². The van der Waals surface area contributed by atoms with Crippen molar-refractivity contribution in [2.24, 2.45) is 0 Å². The van der Waals surface area contributed by atoms with Gasteiger partial charge in [0, 0.05) is 24.2 Å². The average Bonchev–Trinajstić information content (AvgIpc) is 2.85. The van der Waals surface area contributed by atoms with Crippen LogP contribution in [0.4, 0.5) is 5.69 Å². The Bertz CT molecular complexity index is 535. The lowest BCUT2D eigenvalue weighted by molar-refractivity contribution is -0.384. The molecule has 0 aliphatic heterocycles. The Morgan fingerprint density at radius 2 is 2.11 bits per heavy atom. The SMILES string of the molecule is CNCCn1cnc(-c2ccc([N+](=O)[O-])cc2)n1. The summed E-state index contributed by atoms with van der Waals surface area (Å²) in [7, 11) is 1.87. The lowest BCUT2D eigenvalue weighted by Gasteiger charge is -1.98. The van der Waals surface area contributed by atoms with E-state index in [0.29, 0.717) is 5.82 Å². The topological polar surface area (TPSA) is 85.9 Å². The molecule has 0 amide bonds. The maximum absolute atomic E-state index is 10.5. The zero-order chi connectivity index (χ0) is 13.0. The predicted octanol–water partition coefficient (Wildman–Crippen LogP) is 1.07. The number of hydrogen-bond acceptors (Lipinski definition) is 5. The van der Waals surface area contributed by atoms with Crippen LogP contribution in [0.2, 0.25) is 0 Å². The molecule has 0 aliphatic carbocycles. The van der Waals surface area contributed by atoms with Gasteiger partial charge in [-0.2, -0.15) is 5.10 Å². The van der Waals surface area contributed by atoms with Crippen LogP contribution in [0.1, 0.15) is 0 Å².